The summed E-state index contributed by atoms with van der Waals surface area (Å²) in [5.74, 6) is 0.399. The number of furan rings is 1. The molecule has 5 rings (SSSR count). The molecule has 3 aromatic carbocycles. The minimum atomic E-state index is -0.469. The van der Waals surface area contributed by atoms with Crippen molar-refractivity contribution in [2.24, 2.45) is 10.2 Å². The highest BCUT2D eigenvalue weighted by Crippen LogP contribution is 2.34. The molecule has 0 unspecified atom stereocenters. The zero-order valence-electron chi connectivity index (χ0n) is 19.4. The number of rotatable bonds is 7. The number of nitro groups is 1. The number of nitro benzene ring substituents is 1. The van der Waals surface area contributed by atoms with Gasteiger partial charge in [0.05, 0.1) is 28.9 Å². The molecule has 2 heterocycles. The lowest BCUT2D eigenvalue weighted by molar-refractivity contribution is -0.384. The summed E-state index contributed by atoms with van der Waals surface area (Å²) >= 11 is 1.21. The summed E-state index contributed by atoms with van der Waals surface area (Å²) in [6.45, 7) is 0.203. The van der Waals surface area contributed by atoms with Gasteiger partial charge in [-0.3, -0.25) is 19.8 Å². The van der Waals surface area contributed by atoms with Crippen molar-refractivity contribution in [2.75, 3.05) is 0 Å². The predicted octanol–water partition coefficient (Wildman–Crippen LogP) is 6.36. The standard InChI is InChI=1S/C28H20N4O4S/c33-27-26(17-20-11-13-23(14-12-20)22-7-2-1-3-8-22)37-28(31(27)19-25-10-5-15-36-25)30-29-18-21-6-4-9-24(16-21)32(34)35/h1-18H,19H2/b26-17-,29-18-,30-28+. The van der Waals surface area contributed by atoms with E-state index in [1.807, 2.05) is 60.7 Å². The second-order valence-corrected chi connectivity index (χ2v) is 9.06. The van der Waals surface area contributed by atoms with Gasteiger partial charge < -0.3 is 4.42 Å². The van der Waals surface area contributed by atoms with E-state index in [9.17, 15) is 14.9 Å². The highest BCUT2D eigenvalue weighted by molar-refractivity contribution is 8.18. The number of hydrogen-bond acceptors (Lipinski definition) is 7. The van der Waals surface area contributed by atoms with Crippen molar-refractivity contribution >= 4 is 40.8 Å². The van der Waals surface area contributed by atoms with Crippen LogP contribution in [0.5, 0.6) is 0 Å². The highest BCUT2D eigenvalue weighted by atomic mass is 32.2. The zero-order valence-corrected chi connectivity index (χ0v) is 20.2. The van der Waals surface area contributed by atoms with Gasteiger partial charge in [0.25, 0.3) is 11.6 Å². The first-order valence-corrected chi connectivity index (χ1v) is 12.1. The first-order chi connectivity index (χ1) is 18.1. The number of amidine groups is 1. The van der Waals surface area contributed by atoms with E-state index in [4.69, 9.17) is 4.42 Å². The largest absolute Gasteiger partial charge is 0.467 e. The lowest BCUT2D eigenvalue weighted by Crippen LogP contribution is -2.28. The molecule has 0 radical (unpaired) electrons. The molecule has 0 spiro atoms. The quantitative estimate of drug-likeness (QED) is 0.125. The molecule has 0 aliphatic carbocycles. The van der Waals surface area contributed by atoms with Crippen LogP contribution in [-0.2, 0) is 11.3 Å². The van der Waals surface area contributed by atoms with Gasteiger partial charge in [0, 0.05) is 17.7 Å². The Morgan fingerprint density at radius 1 is 0.919 bits per heavy atom. The summed E-state index contributed by atoms with van der Waals surface area (Å²) in [7, 11) is 0. The van der Waals surface area contributed by atoms with Gasteiger partial charge in [0.2, 0.25) is 0 Å². The first-order valence-electron chi connectivity index (χ1n) is 11.3. The van der Waals surface area contributed by atoms with Crippen molar-refractivity contribution in [3.8, 4) is 11.1 Å². The van der Waals surface area contributed by atoms with Crippen LogP contribution >= 0.6 is 11.8 Å². The molecule has 8 nitrogen and oxygen atoms in total. The number of amides is 1. The maximum absolute atomic E-state index is 13.3. The van der Waals surface area contributed by atoms with Crippen LogP contribution in [0.1, 0.15) is 16.9 Å². The maximum Gasteiger partial charge on any atom is 0.270 e. The molecule has 0 atom stereocenters. The first kappa shape index (κ1) is 24.0. The fourth-order valence-electron chi connectivity index (χ4n) is 3.70. The average Bonchev–Trinajstić information content (AvgIpc) is 3.54. The van der Waals surface area contributed by atoms with Crippen LogP contribution in [0.3, 0.4) is 0 Å². The molecule has 1 amide bonds. The zero-order chi connectivity index (χ0) is 25.6. The molecule has 0 bridgehead atoms. The van der Waals surface area contributed by atoms with Crippen LogP contribution in [-0.4, -0.2) is 27.1 Å². The van der Waals surface area contributed by atoms with Crippen LogP contribution in [0, 0.1) is 10.1 Å². The van der Waals surface area contributed by atoms with E-state index in [2.05, 4.69) is 10.2 Å². The third kappa shape index (κ3) is 5.74. The number of nitrogens with zero attached hydrogens (tertiary/aromatic N) is 4. The number of benzene rings is 3. The van der Waals surface area contributed by atoms with Crippen molar-refractivity contribution in [1.82, 2.24) is 4.90 Å². The Labute approximate surface area is 216 Å². The van der Waals surface area contributed by atoms with Gasteiger partial charge in [0.15, 0.2) is 5.17 Å². The highest BCUT2D eigenvalue weighted by Gasteiger charge is 2.34. The molecule has 1 fully saturated rings. The second-order valence-electron chi connectivity index (χ2n) is 8.05. The molecule has 1 aliphatic rings. The normalized spacial score (nSPS) is 15.8. The fourth-order valence-corrected chi connectivity index (χ4v) is 4.63. The third-order valence-corrected chi connectivity index (χ3v) is 6.53. The summed E-state index contributed by atoms with van der Waals surface area (Å²) in [6.07, 6.45) is 4.79. The molecule has 0 saturated carbocycles. The summed E-state index contributed by atoms with van der Waals surface area (Å²) in [5, 5.41) is 19.7. The Bertz CT molecular complexity index is 1510. The average molecular weight is 509 g/mol. The monoisotopic (exact) mass is 508 g/mol. The lowest BCUT2D eigenvalue weighted by atomic mass is 10.0. The topological polar surface area (TPSA) is 101 Å². The maximum atomic E-state index is 13.3. The van der Waals surface area contributed by atoms with E-state index in [0.717, 1.165) is 16.7 Å². The van der Waals surface area contributed by atoms with E-state index >= 15 is 0 Å². The number of non-ortho nitro benzene ring substituents is 1. The predicted molar refractivity (Wildman–Crippen MR) is 145 cm³/mol. The summed E-state index contributed by atoms with van der Waals surface area (Å²) in [6, 6.07) is 27.7. The van der Waals surface area contributed by atoms with E-state index in [1.165, 1.54) is 35.0 Å². The number of thioether (sulfide) groups is 1. The van der Waals surface area contributed by atoms with Crippen LogP contribution in [0.15, 0.2) is 117 Å². The fraction of sp³-hybridized carbons (Fsp3) is 0.0357. The van der Waals surface area contributed by atoms with Crippen LogP contribution in [0.2, 0.25) is 0 Å². The second kappa shape index (κ2) is 10.9. The summed E-state index contributed by atoms with van der Waals surface area (Å²) in [4.78, 5) is 25.8. The Morgan fingerprint density at radius 3 is 2.43 bits per heavy atom. The molecule has 1 aliphatic heterocycles. The summed E-state index contributed by atoms with van der Waals surface area (Å²) in [5.41, 5.74) is 3.58. The minimum Gasteiger partial charge on any atom is -0.467 e. The summed E-state index contributed by atoms with van der Waals surface area (Å²) < 4.78 is 5.43. The molecule has 4 aromatic rings. The van der Waals surface area contributed by atoms with Gasteiger partial charge in [-0.2, -0.15) is 5.10 Å². The van der Waals surface area contributed by atoms with Gasteiger partial charge in [0.1, 0.15) is 5.76 Å². The van der Waals surface area contributed by atoms with Gasteiger partial charge in [-0.15, -0.1) is 5.10 Å². The molecular weight excluding hydrogens is 488 g/mol. The van der Waals surface area contributed by atoms with Crippen LogP contribution < -0.4 is 0 Å². The van der Waals surface area contributed by atoms with E-state index in [1.54, 1.807) is 30.5 Å². The third-order valence-electron chi connectivity index (χ3n) is 5.53. The van der Waals surface area contributed by atoms with E-state index in [0.29, 0.717) is 21.4 Å². The Balaban J connectivity index is 1.40. The van der Waals surface area contributed by atoms with Crippen molar-refractivity contribution in [3.63, 3.8) is 0 Å². The molecule has 9 heteroatoms. The molecule has 1 saturated heterocycles. The van der Waals surface area contributed by atoms with Gasteiger partial charge in [-0.05, 0) is 46.7 Å². The Morgan fingerprint density at radius 2 is 1.70 bits per heavy atom. The van der Waals surface area contributed by atoms with Crippen molar-refractivity contribution in [2.45, 2.75) is 6.54 Å². The van der Waals surface area contributed by atoms with Crippen molar-refractivity contribution < 1.29 is 14.1 Å². The SMILES string of the molecule is O=C1/C(=C/c2ccc(-c3ccccc3)cc2)S/C(=N/N=C\c2cccc([N+](=O)[O-])c2)N1Cc1ccco1. The molecular formula is C28H20N4O4S. The van der Waals surface area contributed by atoms with Gasteiger partial charge >= 0.3 is 0 Å². The lowest BCUT2D eigenvalue weighted by Gasteiger charge is -2.12. The number of hydrogen-bond donors (Lipinski definition) is 0. The van der Waals surface area contributed by atoms with Crippen molar-refractivity contribution in [3.05, 3.63) is 129 Å². The Hall–Kier alpha value is -4.76. The van der Waals surface area contributed by atoms with E-state index in [-0.39, 0.29) is 18.1 Å². The number of carbonyl (C=O) groups is 1. The Kier molecular flexibility index (Phi) is 7.05. The van der Waals surface area contributed by atoms with Gasteiger partial charge in [-0.25, -0.2) is 0 Å². The van der Waals surface area contributed by atoms with Crippen molar-refractivity contribution in [1.29, 1.82) is 0 Å². The van der Waals surface area contributed by atoms with Gasteiger partial charge in [-0.1, -0.05) is 66.7 Å². The smallest absolute Gasteiger partial charge is 0.270 e. The van der Waals surface area contributed by atoms with E-state index < -0.39 is 4.92 Å². The van der Waals surface area contributed by atoms with Crippen LogP contribution in [0.25, 0.3) is 17.2 Å². The number of carbonyl (C=O) groups excluding carboxylic acids is 1. The van der Waals surface area contributed by atoms with Crippen LogP contribution in [0.4, 0.5) is 5.69 Å². The molecule has 37 heavy (non-hydrogen) atoms. The molecule has 1 aromatic heterocycles. The molecule has 0 N–H and O–H groups in total. The molecule has 182 valence electrons. The minimum absolute atomic E-state index is 0.0371.